The van der Waals surface area contributed by atoms with E-state index < -0.39 is 10.0 Å². The number of nitrogens with one attached hydrogen (secondary N) is 2. The fraction of sp³-hybridized carbons (Fsp3) is 0.417. The second-order valence-electron chi connectivity index (χ2n) is 4.37. The number of carbonyl (C=O) groups excluding carboxylic acids is 1. The summed E-state index contributed by atoms with van der Waals surface area (Å²) in [6.45, 7) is 3.86. The zero-order valence-electron chi connectivity index (χ0n) is 11.0. The van der Waals surface area contributed by atoms with E-state index in [2.05, 4.69) is 26.0 Å². The van der Waals surface area contributed by atoms with Gasteiger partial charge in [0, 0.05) is 5.69 Å². The van der Waals surface area contributed by atoms with Crippen LogP contribution in [0.5, 0.6) is 0 Å². The van der Waals surface area contributed by atoms with Crippen LogP contribution in [0.3, 0.4) is 0 Å². The van der Waals surface area contributed by atoms with Crippen molar-refractivity contribution in [3.8, 4) is 0 Å². The number of anilines is 1. The van der Waals surface area contributed by atoms with Crippen molar-refractivity contribution in [1.29, 1.82) is 0 Å². The van der Waals surface area contributed by atoms with Gasteiger partial charge in [-0.05, 0) is 37.2 Å². The zero-order valence-corrected chi connectivity index (χ0v) is 13.4. The molecule has 1 atom stereocenters. The second kappa shape index (κ2) is 6.49. The monoisotopic (exact) mass is 348 g/mol. The average molecular weight is 349 g/mol. The highest BCUT2D eigenvalue weighted by atomic mass is 79.9. The number of sulfonamides is 1. The van der Waals surface area contributed by atoms with Gasteiger partial charge < -0.3 is 5.32 Å². The van der Waals surface area contributed by atoms with Gasteiger partial charge in [-0.15, -0.1) is 0 Å². The quantitative estimate of drug-likeness (QED) is 0.798. The van der Waals surface area contributed by atoms with Crippen LogP contribution in [0, 0.1) is 5.92 Å². The molecule has 5 nitrogen and oxygen atoms in total. The fourth-order valence-electron chi connectivity index (χ4n) is 1.35. The van der Waals surface area contributed by atoms with Crippen LogP contribution in [0.2, 0.25) is 0 Å². The number of halogens is 1. The highest BCUT2D eigenvalue weighted by Gasteiger charge is 2.18. The van der Waals surface area contributed by atoms with E-state index in [0.717, 1.165) is 0 Å². The molecule has 0 aliphatic rings. The van der Waals surface area contributed by atoms with Crippen LogP contribution in [0.15, 0.2) is 29.2 Å². The zero-order chi connectivity index (χ0) is 14.6. The van der Waals surface area contributed by atoms with E-state index >= 15 is 0 Å². The third-order valence-electron chi connectivity index (χ3n) is 2.54. The number of amides is 1. The molecule has 0 aromatic heterocycles. The SMILES string of the molecule is CNS(=O)(=O)c1ccc(NC(=O)C(Br)C(C)C)cc1. The Hall–Kier alpha value is -0.920. The van der Waals surface area contributed by atoms with Crippen LogP contribution in [0.1, 0.15) is 13.8 Å². The van der Waals surface area contributed by atoms with E-state index in [1.54, 1.807) is 12.1 Å². The summed E-state index contributed by atoms with van der Waals surface area (Å²) >= 11 is 3.30. The molecule has 7 heteroatoms. The highest BCUT2D eigenvalue weighted by molar-refractivity contribution is 9.10. The van der Waals surface area contributed by atoms with E-state index in [-0.39, 0.29) is 21.5 Å². The first kappa shape index (κ1) is 16.1. The summed E-state index contributed by atoms with van der Waals surface area (Å²) in [5.41, 5.74) is 0.560. The highest BCUT2D eigenvalue weighted by Crippen LogP contribution is 2.17. The van der Waals surface area contributed by atoms with E-state index in [1.165, 1.54) is 19.2 Å². The summed E-state index contributed by atoms with van der Waals surface area (Å²) in [4.78, 5) is 11.7. The number of hydrogen-bond donors (Lipinski definition) is 2. The third-order valence-corrected chi connectivity index (χ3v) is 5.44. The lowest BCUT2D eigenvalue weighted by Gasteiger charge is -2.14. The fourth-order valence-corrected chi connectivity index (χ4v) is 2.19. The van der Waals surface area contributed by atoms with Crippen LogP contribution in [-0.4, -0.2) is 26.2 Å². The molecule has 0 aliphatic heterocycles. The van der Waals surface area contributed by atoms with Crippen molar-refractivity contribution >= 4 is 37.5 Å². The van der Waals surface area contributed by atoms with Gasteiger partial charge in [0.25, 0.3) is 0 Å². The molecule has 0 spiro atoms. The van der Waals surface area contributed by atoms with Crippen molar-refractivity contribution in [1.82, 2.24) is 4.72 Å². The Balaban J connectivity index is 2.81. The van der Waals surface area contributed by atoms with Gasteiger partial charge in [0.15, 0.2) is 0 Å². The van der Waals surface area contributed by atoms with Gasteiger partial charge in [-0.1, -0.05) is 29.8 Å². The molecule has 19 heavy (non-hydrogen) atoms. The van der Waals surface area contributed by atoms with Crippen molar-refractivity contribution in [3.63, 3.8) is 0 Å². The summed E-state index contributed by atoms with van der Waals surface area (Å²) in [6.07, 6.45) is 0. The number of hydrogen-bond acceptors (Lipinski definition) is 3. The molecule has 1 amide bonds. The Bertz CT molecular complexity index is 541. The lowest BCUT2D eigenvalue weighted by atomic mass is 10.1. The molecule has 2 N–H and O–H groups in total. The van der Waals surface area contributed by atoms with Crippen molar-refractivity contribution in [2.24, 2.45) is 5.92 Å². The van der Waals surface area contributed by atoms with Crippen LogP contribution >= 0.6 is 15.9 Å². The Morgan fingerprint density at radius 1 is 1.21 bits per heavy atom. The number of benzene rings is 1. The minimum Gasteiger partial charge on any atom is -0.325 e. The molecule has 0 aliphatic carbocycles. The predicted molar refractivity (Wildman–Crippen MR) is 78.9 cm³/mol. The largest absolute Gasteiger partial charge is 0.325 e. The van der Waals surface area contributed by atoms with Crippen LogP contribution in [0.25, 0.3) is 0 Å². The topological polar surface area (TPSA) is 75.3 Å². The van der Waals surface area contributed by atoms with E-state index in [1.807, 2.05) is 13.8 Å². The molecule has 1 aromatic rings. The maximum Gasteiger partial charge on any atom is 0.240 e. The number of alkyl halides is 1. The van der Waals surface area contributed by atoms with Gasteiger partial charge >= 0.3 is 0 Å². The van der Waals surface area contributed by atoms with Crippen molar-refractivity contribution in [3.05, 3.63) is 24.3 Å². The summed E-state index contributed by atoms with van der Waals surface area (Å²) in [7, 11) is -2.09. The molecule has 1 aromatic carbocycles. The summed E-state index contributed by atoms with van der Waals surface area (Å²) in [6, 6.07) is 6.00. The smallest absolute Gasteiger partial charge is 0.240 e. The van der Waals surface area contributed by atoms with Gasteiger partial charge in [0.1, 0.15) is 0 Å². The molecule has 106 valence electrons. The molecular weight excluding hydrogens is 332 g/mol. The van der Waals surface area contributed by atoms with Gasteiger partial charge in [-0.2, -0.15) is 0 Å². The van der Waals surface area contributed by atoms with Crippen molar-refractivity contribution < 1.29 is 13.2 Å². The van der Waals surface area contributed by atoms with Crippen molar-refractivity contribution in [2.75, 3.05) is 12.4 Å². The minimum absolute atomic E-state index is 0.153. The molecular formula is C12H17BrN2O3S. The maximum atomic E-state index is 11.8. The molecule has 1 rings (SSSR count). The summed E-state index contributed by atoms with van der Waals surface area (Å²) < 4.78 is 25.3. The molecule has 0 heterocycles. The predicted octanol–water partition coefficient (Wildman–Crippen LogP) is 1.95. The Morgan fingerprint density at radius 3 is 2.16 bits per heavy atom. The average Bonchev–Trinajstić information content (AvgIpc) is 2.38. The lowest BCUT2D eigenvalue weighted by molar-refractivity contribution is -0.116. The standard InChI is InChI=1S/C12H17BrN2O3S/c1-8(2)11(13)12(16)15-9-4-6-10(7-5-9)19(17,18)14-3/h4-8,11,14H,1-3H3,(H,15,16). The molecule has 0 saturated carbocycles. The number of rotatable bonds is 5. The molecule has 1 unspecified atom stereocenters. The molecule has 0 bridgehead atoms. The lowest BCUT2D eigenvalue weighted by Crippen LogP contribution is -2.27. The summed E-state index contributed by atoms with van der Waals surface area (Å²) in [5.74, 6) is 0.0168. The number of carbonyl (C=O) groups is 1. The first-order valence-corrected chi connectivity index (χ1v) is 8.16. The Morgan fingerprint density at radius 2 is 1.74 bits per heavy atom. The third kappa shape index (κ3) is 4.29. The van der Waals surface area contributed by atoms with Crippen LogP contribution in [-0.2, 0) is 14.8 Å². The van der Waals surface area contributed by atoms with E-state index in [4.69, 9.17) is 0 Å². The van der Waals surface area contributed by atoms with E-state index in [9.17, 15) is 13.2 Å². The first-order valence-electron chi connectivity index (χ1n) is 5.76. The summed E-state index contributed by atoms with van der Waals surface area (Å²) in [5, 5.41) is 2.72. The van der Waals surface area contributed by atoms with Crippen molar-refractivity contribution in [2.45, 2.75) is 23.6 Å². The van der Waals surface area contributed by atoms with Gasteiger partial charge in [0.05, 0.1) is 9.72 Å². The van der Waals surface area contributed by atoms with Crippen LogP contribution < -0.4 is 10.0 Å². The van der Waals surface area contributed by atoms with Gasteiger partial charge in [-0.25, -0.2) is 13.1 Å². The van der Waals surface area contributed by atoms with Gasteiger partial charge in [-0.3, -0.25) is 4.79 Å². The maximum absolute atomic E-state index is 11.8. The minimum atomic E-state index is -3.45. The van der Waals surface area contributed by atoms with E-state index in [0.29, 0.717) is 5.69 Å². The first-order chi connectivity index (χ1) is 8.77. The molecule has 0 radical (unpaired) electrons. The Labute approximate surface area is 122 Å². The van der Waals surface area contributed by atoms with Gasteiger partial charge in [0.2, 0.25) is 15.9 Å². The Kier molecular flexibility index (Phi) is 5.51. The van der Waals surface area contributed by atoms with Crippen LogP contribution in [0.4, 0.5) is 5.69 Å². The second-order valence-corrected chi connectivity index (χ2v) is 7.24. The molecule has 0 saturated heterocycles. The molecule has 0 fully saturated rings. The normalized spacial score (nSPS) is 13.3.